The second-order valence-corrected chi connectivity index (χ2v) is 16.6. The van der Waals surface area contributed by atoms with Gasteiger partial charge in [0, 0.05) is 14.2 Å². The zero-order valence-electron chi connectivity index (χ0n) is 18.4. The molecule has 0 unspecified atom stereocenters. The van der Waals surface area contributed by atoms with Crippen molar-refractivity contribution in [2.75, 3.05) is 14.2 Å². The van der Waals surface area contributed by atoms with E-state index >= 15 is 0 Å². The predicted molar refractivity (Wildman–Crippen MR) is 119 cm³/mol. The highest BCUT2D eigenvalue weighted by molar-refractivity contribution is 6.75. The summed E-state index contributed by atoms with van der Waals surface area (Å²) in [6, 6.07) is 8.19. The molecule has 0 aromatic heterocycles. The van der Waals surface area contributed by atoms with Gasteiger partial charge in [-0.1, -0.05) is 85.5 Å². The van der Waals surface area contributed by atoms with E-state index in [0.29, 0.717) is 0 Å². The smallest absolute Gasteiger partial charge is 0.192 e. The predicted octanol–water partition coefficient (Wildman–Crippen LogP) is 7.76. The molecule has 4 heteroatoms. The minimum atomic E-state index is -1.52. The van der Waals surface area contributed by atoms with E-state index in [1.807, 2.05) is 14.2 Å². The molecule has 0 spiro atoms. The number of hydrogen-bond donors (Lipinski definition) is 0. The largest absolute Gasteiger partial charge is 0.420 e. The lowest BCUT2D eigenvalue weighted by Crippen LogP contribution is -2.40. The molecule has 0 bridgehead atoms. The Labute approximate surface area is 161 Å². The van der Waals surface area contributed by atoms with Crippen molar-refractivity contribution in [3.63, 3.8) is 0 Å². The fourth-order valence-electron chi connectivity index (χ4n) is 4.09. The van der Waals surface area contributed by atoms with Crippen molar-refractivity contribution in [3.8, 4) is 0 Å². The monoisotopic (exact) mass is 388 g/mol. The summed E-state index contributed by atoms with van der Waals surface area (Å²) in [5, 5.41) is 0. The summed E-state index contributed by atoms with van der Waals surface area (Å²) in [7, 11) is 0.974. The van der Waals surface area contributed by atoms with E-state index in [-0.39, 0.29) is 0 Å². The maximum atomic E-state index is 6.27. The molecule has 2 nitrogen and oxygen atoms in total. The molecule has 0 fully saturated rings. The van der Waals surface area contributed by atoms with Crippen LogP contribution in [-0.2, 0) is 8.85 Å². The standard InChI is InChI=1S/C21H48O2Si2/c1-7-11-16-24(22-5,17-12-8-2)20-15-21-25(23-6,18-13-9-3)19-14-10-4/h7-21H2,1-6H3. The first kappa shape index (κ1) is 25.4. The van der Waals surface area contributed by atoms with Crippen LogP contribution >= 0.6 is 0 Å². The van der Waals surface area contributed by atoms with Gasteiger partial charge in [0.2, 0.25) is 0 Å². The molecule has 0 heterocycles. The minimum Gasteiger partial charge on any atom is -0.420 e. The second-order valence-electron chi connectivity index (χ2n) is 8.04. The Morgan fingerprint density at radius 2 is 0.680 bits per heavy atom. The van der Waals surface area contributed by atoms with Crippen molar-refractivity contribution >= 4 is 16.6 Å². The van der Waals surface area contributed by atoms with Crippen LogP contribution in [0.25, 0.3) is 0 Å². The van der Waals surface area contributed by atoms with Crippen LogP contribution in [0.4, 0.5) is 0 Å². The fraction of sp³-hybridized carbons (Fsp3) is 1.00. The van der Waals surface area contributed by atoms with Gasteiger partial charge in [-0.3, -0.25) is 0 Å². The molecule has 0 aromatic carbocycles. The van der Waals surface area contributed by atoms with E-state index < -0.39 is 16.6 Å². The van der Waals surface area contributed by atoms with Gasteiger partial charge in [-0.25, -0.2) is 0 Å². The second kappa shape index (κ2) is 15.4. The van der Waals surface area contributed by atoms with Crippen molar-refractivity contribution in [1.29, 1.82) is 0 Å². The number of unbranched alkanes of at least 4 members (excludes halogenated alkanes) is 4. The molecule has 0 rings (SSSR count). The summed E-state index contributed by atoms with van der Waals surface area (Å²) in [5.74, 6) is 0. The van der Waals surface area contributed by atoms with Crippen LogP contribution in [-0.4, -0.2) is 30.9 Å². The summed E-state index contributed by atoms with van der Waals surface area (Å²) in [5.41, 5.74) is 0. The Hall–Kier alpha value is 0.354. The highest BCUT2D eigenvalue weighted by Gasteiger charge is 2.36. The van der Waals surface area contributed by atoms with Gasteiger partial charge in [-0.2, -0.15) is 0 Å². The van der Waals surface area contributed by atoms with Gasteiger partial charge in [0.05, 0.1) is 0 Å². The van der Waals surface area contributed by atoms with E-state index in [0.717, 1.165) is 0 Å². The third-order valence-electron chi connectivity index (χ3n) is 6.07. The van der Waals surface area contributed by atoms with E-state index in [1.54, 1.807) is 0 Å². The molecule has 0 saturated heterocycles. The SMILES string of the molecule is CCCC[Si](CCCC)(CCC[Si](CCCC)(CCCC)OC)OC. The summed E-state index contributed by atoms with van der Waals surface area (Å²) in [4.78, 5) is 0. The molecule has 0 aliphatic carbocycles. The van der Waals surface area contributed by atoms with Gasteiger partial charge in [-0.15, -0.1) is 0 Å². The average molecular weight is 389 g/mol. The van der Waals surface area contributed by atoms with E-state index in [9.17, 15) is 0 Å². The maximum absolute atomic E-state index is 6.27. The molecule has 0 radical (unpaired) electrons. The van der Waals surface area contributed by atoms with Gasteiger partial charge < -0.3 is 8.85 Å². The highest BCUT2D eigenvalue weighted by Crippen LogP contribution is 2.33. The zero-order chi connectivity index (χ0) is 19.0. The first-order valence-electron chi connectivity index (χ1n) is 11.2. The Morgan fingerprint density at radius 1 is 0.440 bits per heavy atom. The van der Waals surface area contributed by atoms with Crippen LogP contribution in [0.1, 0.15) is 85.5 Å². The first-order chi connectivity index (χ1) is 12.1. The topological polar surface area (TPSA) is 18.5 Å². The van der Waals surface area contributed by atoms with Crippen molar-refractivity contribution in [2.24, 2.45) is 0 Å². The Morgan fingerprint density at radius 3 is 0.880 bits per heavy atom. The molecular weight excluding hydrogens is 340 g/mol. The van der Waals surface area contributed by atoms with E-state index in [2.05, 4.69) is 27.7 Å². The lowest BCUT2D eigenvalue weighted by atomic mass is 10.4. The van der Waals surface area contributed by atoms with E-state index in [1.165, 1.54) is 94.1 Å². The molecule has 0 saturated carbocycles. The van der Waals surface area contributed by atoms with Gasteiger partial charge in [0.15, 0.2) is 16.6 Å². The molecule has 0 N–H and O–H groups in total. The molecule has 25 heavy (non-hydrogen) atoms. The summed E-state index contributed by atoms with van der Waals surface area (Å²) in [6.45, 7) is 9.25. The fourth-order valence-corrected chi connectivity index (χ4v) is 12.8. The maximum Gasteiger partial charge on any atom is 0.192 e. The summed E-state index contributed by atoms with van der Waals surface area (Å²) < 4.78 is 12.5. The quantitative estimate of drug-likeness (QED) is 0.223. The van der Waals surface area contributed by atoms with Gasteiger partial charge in [0.25, 0.3) is 0 Å². The van der Waals surface area contributed by atoms with Gasteiger partial charge in [-0.05, 0) is 36.3 Å². The third-order valence-corrected chi connectivity index (χ3v) is 15.4. The zero-order valence-corrected chi connectivity index (χ0v) is 20.4. The first-order valence-corrected chi connectivity index (χ1v) is 16.2. The Kier molecular flexibility index (Phi) is 15.6. The van der Waals surface area contributed by atoms with Crippen molar-refractivity contribution in [2.45, 2.75) is 122 Å². The molecular formula is C21H48O2Si2. The van der Waals surface area contributed by atoms with Crippen molar-refractivity contribution < 1.29 is 8.85 Å². The molecule has 0 aromatic rings. The van der Waals surface area contributed by atoms with E-state index in [4.69, 9.17) is 8.85 Å². The lowest BCUT2D eigenvalue weighted by molar-refractivity contribution is 0.376. The summed E-state index contributed by atoms with van der Waals surface area (Å²) in [6.07, 6.45) is 11.9. The summed E-state index contributed by atoms with van der Waals surface area (Å²) >= 11 is 0. The molecule has 0 aliphatic heterocycles. The van der Waals surface area contributed by atoms with Crippen LogP contribution in [0.15, 0.2) is 0 Å². The highest BCUT2D eigenvalue weighted by atomic mass is 28.4. The normalized spacial score (nSPS) is 12.7. The van der Waals surface area contributed by atoms with Crippen LogP contribution in [0, 0.1) is 0 Å². The lowest BCUT2D eigenvalue weighted by Gasteiger charge is -2.34. The van der Waals surface area contributed by atoms with Gasteiger partial charge in [0.1, 0.15) is 0 Å². The van der Waals surface area contributed by atoms with Crippen LogP contribution in [0.5, 0.6) is 0 Å². The average Bonchev–Trinajstić information content (AvgIpc) is 2.65. The van der Waals surface area contributed by atoms with Crippen LogP contribution in [0.3, 0.4) is 0 Å². The number of hydrogen-bond acceptors (Lipinski definition) is 2. The van der Waals surface area contributed by atoms with Crippen LogP contribution < -0.4 is 0 Å². The molecule has 0 amide bonds. The number of rotatable bonds is 18. The van der Waals surface area contributed by atoms with Crippen molar-refractivity contribution in [3.05, 3.63) is 0 Å². The van der Waals surface area contributed by atoms with Crippen LogP contribution in [0.2, 0.25) is 36.3 Å². The molecule has 0 atom stereocenters. The minimum absolute atomic E-state index is 1.30. The molecule has 152 valence electrons. The Balaban J connectivity index is 4.82. The Bertz CT molecular complexity index is 254. The van der Waals surface area contributed by atoms with Crippen molar-refractivity contribution in [1.82, 2.24) is 0 Å². The molecule has 0 aliphatic rings. The third kappa shape index (κ3) is 10.3. The van der Waals surface area contributed by atoms with Gasteiger partial charge >= 0.3 is 0 Å².